The molecule has 4 heterocycles. The van der Waals surface area contributed by atoms with Gasteiger partial charge in [-0.1, -0.05) is 0 Å². The third-order valence-electron chi connectivity index (χ3n) is 9.27. The molecule has 3 aliphatic heterocycles. The molecule has 0 saturated carbocycles. The summed E-state index contributed by atoms with van der Waals surface area (Å²) < 4.78 is 39.3. The van der Waals surface area contributed by atoms with Crippen LogP contribution in [0, 0.1) is 0 Å². The lowest BCUT2D eigenvalue weighted by Crippen LogP contribution is -2.60. The Morgan fingerprint density at radius 2 is 1.09 bits per heavy atom. The fourth-order valence-electron chi connectivity index (χ4n) is 6.13. The molecule has 0 unspecified atom stereocenters. The molecule has 3 aliphatic rings. The molecule has 3 saturated heterocycles. The average molecular weight is 757 g/mol. The standard InChI is InChI=1S/C33H40O20/c1-10-19(37)23(41)26(44)31(47-10)53-30-22(40)18-14(36)6-13(49-33-28(46)25(43)21(39)17(9-35)52-33)7-15(18)50-29(30)11-2-4-12(5-3-11)48-32-27(45)24(42)20(38)16(8-34)51-32/h2-7,10,16-17,19-21,23-28,31-39,41-46H,8-9H2,1H3/t10-,16+,17+,19-,20-,21-,23+,24+,25-,26-,27-,28+,31-,32+,33+/m0/s1. The van der Waals surface area contributed by atoms with Gasteiger partial charge in [0, 0.05) is 17.7 Å². The molecule has 1 aromatic heterocycles. The highest BCUT2D eigenvalue weighted by molar-refractivity contribution is 5.88. The predicted molar refractivity (Wildman–Crippen MR) is 171 cm³/mol. The molecule has 0 radical (unpaired) electrons. The van der Waals surface area contributed by atoms with E-state index in [9.17, 15) is 66.1 Å². The molecule has 20 nitrogen and oxygen atoms in total. The lowest BCUT2D eigenvalue weighted by atomic mass is 9.99. The van der Waals surface area contributed by atoms with Gasteiger partial charge in [-0.15, -0.1) is 0 Å². The molecule has 0 bridgehead atoms. The number of phenols is 1. The minimum atomic E-state index is -1.86. The summed E-state index contributed by atoms with van der Waals surface area (Å²) in [5.74, 6) is -1.92. The molecule has 20 heteroatoms. The monoisotopic (exact) mass is 756 g/mol. The van der Waals surface area contributed by atoms with Crippen molar-refractivity contribution < 1.29 is 94.1 Å². The van der Waals surface area contributed by atoms with Crippen LogP contribution in [0.2, 0.25) is 0 Å². The van der Waals surface area contributed by atoms with Crippen LogP contribution in [0.3, 0.4) is 0 Å². The Labute approximate surface area is 298 Å². The number of aliphatic hydroxyl groups is 11. The van der Waals surface area contributed by atoms with Crippen molar-refractivity contribution in [2.24, 2.45) is 0 Å². The maximum absolute atomic E-state index is 14.0. The number of hydrogen-bond donors (Lipinski definition) is 12. The van der Waals surface area contributed by atoms with Gasteiger partial charge in [-0.25, -0.2) is 0 Å². The number of aromatic hydroxyl groups is 1. The zero-order valence-electron chi connectivity index (χ0n) is 27.7. The van der Waals surface area contributed by atoms with Crippen molar-refractivity contribution in [3.05, 3.63) is 46.6 Å². The summed E-state index contributed by atoms with van der Waals surface area (Å²) in [5.41, 5.74) is -1.24. The van der Waals surface area contributed by atoms with E-state index in [1.165, 1.54) is 31.2 Å². The Balaban J connectivity index is 1.37. The van der Waals surface area contributed by atoms with Crippen LogP contribution in [0.25, 0.3) is 22.3 Å². The first-order valence-corrected chi connectivity index (χ1v) is 16.4. The lowest BCUT2D eigenvalue weighted by Gasteiger charge is -2.39. The molecular weight excluding hydrogens is 716 g/mol. The Hall–Kier alpha value is -3.71. The molecule has 53 heavy (non-hydrogen) atoms. The van der Waals surface area contributed by atoms with Crippen molar-refractivity contribution in [1.29, 1.82) is 0 Å². The zero-order chi connectivity index (χ0) is 38.5. The lowest BCUT2D eigenvalue weighted by molar-refractivity contribution is -0.277. The summed E-state index contributed by atoms with van der Waals surface area (Å²) in [4.78, 5) is 14.0. The van der Waals surface area contributed by atoms with Gasteiger partial charge in [0.05, 0.1) is 19.3 Å². The quantitative estimate of drug-likeness (QED) is 0.0983. The maximum Gasteiger partial charge on any atom is 0.239 e. The Kier molecular flexibility index (Phi) is 11.5. The molecule has 3 fully saturated rings. The molecule has 0 amide bonds. The fourth-order valence-corrected chi connectivity index (χ4v) is 6.13. The number of benzene rings is 2. The van der Waals surface area contributed by atoms with Gasteiger partial charge in [0.2, 0.25) is 30.0 Å². The van der Waals surface area contributed by atoms with Crippen molar-refractivity contribution >= 4 is 11.0 Å². The number of rotatable bonds is 9. The highest BCUT2D eigenvalue weighted by Crippen LogP contribution is 2.39. The highest BCUT2D eigenvalue weighted by Gasteiger charge is 2.47. The number of hydrogen-bond acceptors (Lipinski definition) is 20. The molecule has 3 aromatic rings. The summed E-state index contributed by atoms with van der Waals surface area (Å²) in [6, 6.07) is 7.43. The van der Waals surface area contributed by atoms with Crippen LogP contribution in [0.5, 0.6) is 23.0 Å². The van der Waals surface area contributed by atoms with E-state index in [1.807, 2.05) is 0 Å². The van der Waals surface area contributed by atoms with E-state index < -0.39 is 128 Å². The van der Waals surface area contributed by atoms with E-state index in [0.29, 0.717) is 0 Å². The van der Waals surface area contributed by atoms with Crippen LogP contribution < -0.4 is 19.6 Å². The van der Waals surface area contributed by atoms with E-state index in [0.717, 1.165) is 12.1 Å². The van der Waals surface area contributed by atoms with E-state index in [-0.39, 0.29) is 28.4 Å². The van der Waals surface area contributed by atoms with Gasteiger partial charge in [0.25, 0.3) is 0 Å². The van der Waals surface area contributed by atoms with Gasteiger partial charge >= 0.3 is 0 Å². The van der Waals surface area contributed by atoms with Crippen molar-refractivity contribution in [3.8, 4) is 34.3 Å². The number of aliphatic hydroxyl groups excluding tert-OH is 11. The minimum absolute atomic E-state index is 0.0357. The Morgan fingerprint density at radius 1 is 0.604 bits per heavy atom. The van der Waals surface area contributed by atoms with Crippen LogP contribution in [-0.4, -0.2) is 167 Å². The summed E-state index contributed by atoms with van der Waals surface area (Å²) >= 11 is 0. The van der Waals surface area contributed by atoms with E-state index >= 15 is 0 Å². The number of ether oxygens (including phenoxy) is 6. The molecule has 292 valence electrons. The Bertz CT molecular complexity index is 1780. The topological polar surface area (TPSA) is 328 Å². The molecule has 12 N–H and O–H groups in total. The van der Waals surface area contributed by atoms with Gasteiger partial charge in [-0.2, -0.15) is 0 Å². The second-order valence-electron chi connectivity index (χ2n) is 12.9. The SMILES string of the molecule is C[C@@H]1O[C@@H](Oc2c(-c3ccc(O[C@@H]4O[C@H](CO)[C@H](O)[C@@H](O)[C@@H]4O)cc3)oc3cc(O[C@@H]4O[C@H](CO)[C@H](O)[C@H](O)[C@H]4O)cc(O)c3c2=O)[C@@H](O)[C@H](O)[C@H]1O. The van der Waals surface area contributed by atoms with Gasteiger partial charge in [-0.05, 0) is 31.2 Å². The van der Waals surface area contributed by atoms with E-state index in [2.05, 4.69) is 0 Å². The first-order chi connectivity index (χ1) is 25.1. The van der Waals surface area contributed by atoms with Crippen LogP contribution in [0.15, 0.2) is 45.6 Å². The first kappa shape index (κ1) is 39.0. The summed E-state index contributed by atoms with van der Waals surface area (Å²) in [6.07, 6.45) is -23.9. The molecule has 2 aromatic carbocycles. The smallest absolute Gasteiger partial charge is 0.239 e. The summed E-state index contributed by atoms with van der Waals surface area (Å²) in [7, 11) is 0. The summed E-state index contributed by atoms with van der Waals surface area (Å²) in [5, 5.41) is 122. The third-order valence-corrected chi connectivity index (χ3v) is 9.27. The predicted octanol–water partition coefficient (Wildman–Crippen LogP) is -4.27. The molecule has 0 spiro atoms. The van der Waals surface area contributed by atoms with Crippen LogP contribution in [0.4, 0.5) is 0 Å². The van der Waals surface area contributed by atoms with Crippen LogP contribution in [-0.2, 0) is 14.2 Å². The van der Waals surface area contributed by atoms with Gasteiger partial charge < -0.3 is 94.1 Å². The van der Waals surface area contributed by atoms with Gasteiger partial charge in [-0.3, -0.25) is 4.79 Å². The molecule has 0 aliphatic carbocycles. The number of fused-ring (bicyclic) bond motifs is 1. The van der Waals surface area contributed by atoms with Crippen LogP contribution >= 0.6 is 0 Å². The minimum Gasteiger partial charge on any atom is -0.507 e. The van der Waals surface area contributed by atoms with Crippen molar-refractivity contribution in [2.75, 3.05) is 13.2 Å². The zero-order valence-corrected chi connectivity index (χ0v) is 27.7. The second-order valence-corrected chi connectivity index (χ2v) is 12.9. The van der Waals surface area contributed by atoms with Gasteiger partial charge in [0.15, 0.2) is 5.76 Å². The summed E-state index contributed by atoms with van der Waals surface area (Å²) in [6.45, 7) is -0.0430. The number of phenolic OH excluding ortho intramolecular Hbond substituents is 1. The first-order valence-electron chi connectivity index (χ1n) is 16.4. The van der Waals surface area contributed by atoms with Crippen LogP contribution in [0.1, 0.15) is 6.92 Å². The highest BCUT2D eigenvalue weighted by atomic mass is 16.7. The van der Waals surface area contributed by atoms with Crippen molar-refractivity contribution in [3.63, 3.8) is 0 Å². The molecular formula is C33H40O20. The normalized spacial score (nSPS) is 37.7. The van der Waals surface area contributed by atoms with E-state index in [1.54, 1.807) is 0 Å². The largest absolute Gasteiger partial charge is 0.507 e. The van der Waals surface area contributed by atoms with Crippen molar-refractivity contribution in [2.45, 2.75) is 99.0 Å². The third kappa shape index (κ3) is 7.39. The van der Waals surface area contributed by atoms with E-state index in [4.69, 9.17) is 32.8 Å². The fraction of sp³-hybridized carbons (Fsp3) is 0.545. The average Bonchev–Trinajstić information content (AvgIpc) is 3.14. The van der Waals surface area contributed by atoms with Crippen molar-refractivity contribution in [1.82, 2.24) is 0 Å². The Morgan fingerprint density at radius 3 is 1.62 bits per heavy atom. The van der Waals surface area contributed by atoms with Gasteiger partial charge in [0.1, 0.15) is 95.4 Å². The molecule has 6 rings (SSSR count). The molecule has 15 atom stereocenters. The maximum atomic E-state index is 14.0. The second kappa shape index (κ2) is 15.6.